The van der Waals surface area contributed by atoms with Crippen molar-refractivity contribution in [1.29, 1.82) is 0 Å². The van der Waals surface area contributed by atoms with Crippen molar-refractivity contribution in [2.75, 3.05) is 0 Å². The van der Waals surface area contributed by atoms with E-state index in [2.05, 4.69) is 292 Å². The molecule has 0 aliphatic heterocycles. The highest BCUT2D eigenvalue weighted by atomic mass is 14.8. The third-order valence-electron chi connectivity index (χ3n) is 28.5. The average molecular weight is 1710 g/mol. The van der Waals surface area contributed by atoms with Gasteiger partial charge >= 0.3 is 0 Å². The normalized spacial score (nSPS) is 12.4. The highest BCUT2D eigenvalue weighted by molar-refractivity contribution is 5.85. The Balaban J connectivity index is 0.000000104. The number of pyridine rings is 16. The first-order valence-corrected chi connectivity index (χ1v) is 45.5. The summed E-state index contributed by atoms with van der Waals surface area (Å²) in [5.74, 6) is 0. The fraction of sp³-hybridized carbons (Fsp3) is 0.298. The van der Waals surface area contributed by atoms with Gasteiger partial charge in [-0.15, -0.1) is 0 Å². The number of fused-ring (bicyclic) bond motifs is 24. The predicted molar refractivity (Wildman–Crippen MR) is 525 cm³/mol. The summed E-state index contributed by atoms with van der Waals surface area (Å²) in [4.78, 5) is 73.0. The predicted octanol–water partition coefficient (Wildman–Crippen LogP) is 24.4. The number of rotatable bonds is 0. The fourth-order valence-corrected chi connectivity index (χ4v) is 19.8. The molecule has 130 heavy (non-hydrogen) atoms. The van der Waals surface area contributed by atoms with Gasteiger partial charge in [-0.1, -0.05) is 24.3 Å². The summed E-state index contributed by atoms with van der Waals surface area (Å²) >= 11 is 0. The van der Waals surface area contributed by atoms with Crippen molar-refractivity contribution in [3.63, 3.8) is 0 Å². The van der Waals surface area contributed by atoms with Crippen molar-refractivity contribution < 1.29 is 0 Å². The molecule has 0 unspecified atom stereocenters. The Morgan fingerprint density at radius 2 is 0.415 bits per heavy atom. The Bertz CT molecular complexity index is 7370. The lowest BCUT2D eigenvalue weighted by Crippen LogP contribution is -1.98. The molecule has 24 rings (SSSR count). The van der Waals surface area contributed by atoms with E-state index in [0.717, 1.165) is 96.9 Å². The molecule has 652 valence electrons. The summed E-state index contributed by atoms with van der Waals surface area (Å²) in [5, 5.41) is 0. The van der Waals surface area contributed by atoms with Crippen LogP contribution in [-0.4, -0.2) is 79.7 Å². The van der Waals surface area contributed by atoms with Gasteiger partial charge in [0.25, 0.3) is 0 Å². The van der Waals surface area contributed by atoms with Gasteiger partial charge in [0, 0.05) is 237 Å². The van der Waals surface area contributed by atoms with Crippen LogP contribution in [-0.2, 0) is 51.4 Å². The molecule has 0 N–H and O–H groups in total. The smallest absolute Gasteiger partial charge is 0.0548 e. The van der Waals surface area contributed by atoms with E-state index in [-0.39, 0.29) is 0 Å². The van der Waals surface area contributed by atoms with E-state index in [4.69, 9.17) is 15.0 Å². The van der Waals surface area contributed by atoms with Crippen LogP contribution >= 0.6 is 0 Å². The minimum absolute atomic E-state index is 0.881. The van der Waals surface area contributed by atoms with Crippen LogP contribution in [0.4, 0.5) is 0 Å². The second-order valence-electron chi connectivity index (χ2n) is 36.8. The zero-order valence-corrected chi connectivity index (χ0v) is 80.5. The maximum atomic E-state index is 4.73. The topological polar surface area (TPSA) is 206 Å². The van der Waals surface area contributed by atoms with Crippen LogP contribution in [0.25, 0.3) is 89.0 Å². The van der Waals surface area contributed by atoms with Crippen molar-refractivity contribution in [2.24, 2.45) is 0 Å². The summed E-state index contributed by atoms with van der Waals surface area (Å²) in [5.41, 5.74) is 72.5. The minimum Gasteiger partial charge on any atom is -0.260 e. The van der Waals surface area contributed by atoms with E-state index in [0.29, 0.717) is 0 Å². The Kier molecular flexibility index (Phi) is 24.1. The summed E-state index contributed by atoms with van der Waals surface area (Å²) in [7, 11) is 0. The number of aryl methyl sites for hydroxylation is 14. The lowest BCUT2D eigenvalue weighted by molar-refractivity contribution is 1.00. The highest BCUT2D eigenvalue weighted by Crippen LogP contribution is 2.47. The molecule has 16 aromatic rings. The van der Waals surface area contributed by atoms with Crippen LogP contribution < -0.4 is 0 Å². The largest absolute Gasteiger partial charge is 0.260 e. The number of hydrogen-bond donors (Lipinski definition) is 0. The lowest BCUT2D eigenvalue weighted by Gasteiger charge is -2.12. The van der Waals surface area contributed by atoms with Gasteiger partial charge < -0.3 is 0 Å². The molecule has 0 amide bonds. The fourth-order valence-electron chi connectivity index (χ4n) is 19.8. The van der Waals surface area contributed by atoms with Gasteiger partial charge in [-0.05, 0) is 340 Å². The average Bonchev–Trinajstić information content (AvgIpc) is 1.60. The van der Waals surface area contributed by atoms with Gasteiger partial charge in [0.05, 0.1) is 91.1 Å². The van der Waals surface area contributed by atoms with Crippen molar-refractivity contribution in [1.82, 2.24) is 79.7 Å². The van der Waals surface area contributed by atoms with Gasteiger partial charge in [0.1, 0.15) is 0 Å². The second-order valence-corrected chi connectivity index (χ2v) is 36.8. The van der Waals surface area contributed by atoms with Crippen LogP contribution in [0.1, 0.15) is 237 Å². The maximum absolute atomic E-state index is 4.73. The van der Waals surface area contributed by atoms with Crippen molar-refractivity contribution in [3.8, 4) is 89.0 Å². The molecule has 0 radical (unpaired) electrons. The number of aromatic nitrogens is 16. The zero-order chi connectivity index (χ0) is 92.0. The first kappa shape index (κ1) is 88.4. The second kappa shape index (κ2) is 35.5. The first-order chi connectivity index (χ1) is 62.2. The molecular formula is C114H116N16. The summed E-state index contributed by atoms with van der Waals surface area (Å²) in [6.07, 6.45) is 26.3. The summed E-state index contributed by atoms with van der Waals surface area (Å²) < 4.78 is 0. The van der Waals surface area contributed by atoms with Crippen LogP contribution in [0.2, 0.25) is 0 Å². The molecule has 0 spiro atoms. The molecule has 0 fully saturated rings. The van der Waals surface area contributed by atoms with Gasteiger partial charge in [0.15, 0.2) is 0 Å². The SMILES string of the molecule is Cc1ccc2c(n1)Cc1nc(C)c(C)c(C)c1-2.Cc1ccc2c(n1)Cc1ncc(C)c(C)c1-2.Cc1ccnc2c1-c1c(nc(C)c(C)c1C)C2.Cc1cnc2c(c1)-c1c(nc(C)c(C)c1C)C2.Cc1cnc2c(c1)-c1c(ncc(C)c1C)C2.Cc1cnc2c(c1C)-c1c(C)ccnc1C2.Cc1cnc2c(c1C)-c1cccnc1C2.Cc1nc2c(c(C)c1C)-c1cccnc1C2. The number of hydrogen-bond acceptors (Lipinski definition) is 16. The van der Waals surface area contributed by atoms with Crippen LogP contribution in [0, 0.1) is 180 Å². The monoisotopic (exact) mass is 1710 g/mol. The van der Waals surface area contributed by atoms with Crippen molar-refractivity contribution in [3.05, 3.63) is 371 Å². The highest BCUT2D eigenvalue weighted by Gasteiger charge is 2.33. The molecule has 16 heteroatoms. The van der Waals surface area contributed by atoms with Gasteiger partial charge in [-0.2, -0.15) is 0 Å². The third-order valence-corrected chi connectivity index (χ3v) is 28.5. The van der Waals surface area contributed by atoms with Gasteiger partial charge in [-0.3, -0.25) is 79.7 Å². The third kappa shape index (κ3) is 16.3. The van der Waals surface area contributed by atoms with E-state index in [1.807, 2.05) is 87.9 Å². The minimum atomic E-state index is 0.881. The summed E-state index contributed by atoms with van der Waals surface area (Å²) in [6, 6.07) is 25.4. The van der Waals surface area contributed by atoms with E-state index < -0.39 is 0 Å². The van der Waals surface area contributed by atoms with Gasteiger partial charge in [0.2, 0.25) is 0 Å². The Morgan fingerprint density at radius 3 is 0.800 bits per heavy atom. The van der Waals surface area contributed by atoms with Crippen LogP contribution in [0.3, 0.4) is 0 Å². The number of nitrogens with zero attached hydrogens (tertiary/aromatic N) is 16. The Hall–Kier alpha value is -13.6. The quantitative estimate of drug-likeness (QED) is 0.138. The van der Waals surface area contributed by atoms with E-state index in [1.54, 1.807) is 0 Å². The molecule has 0 saturated heterocycles. The van der Waals surface area contributed by atoms with E-state index in [1.165, 1.54) is 280 Å². The van der Waals surface area contributed by atoms with Crippen molar-refractivity contribution in [2.45, 2.75) is 231 Å². The first-order valence-electron chi connectivity index (χ1n) is 45.5. The molecule has 8 aliphatic carbocycles. The molecule has 16 aromatic heterocycles. The molecule has 16 heterocycles. The van der Waals surface area contributed by atoms with Crippen LogP contribution in [0.5, 0.6) is 0 Å². The standard InChI is InChI=1S/3C15H16N2.4C14H14N2.C13H12N2/c1-8-5-12-13(16-7-8)6-14-15(12)10(3)9(2)11(4)17-14;1-8-5-6-16-12-7-13-15(14(8)12)10(3)9(2)11(4)17-13;1-8-5-6-12-13(16-8)7-14-15(12)10(3)9(2)11(4)17-14;1-8-4-11-12(15-6-8)5-13-14(11)10(3)9(2)7-16-13;1-8-7-15-13-6-12-11(14(13)10(8)3)5-4-9(2)16-12;1-8-4-5-15-11-6-12-14(13(8)11)10(3)9(2)7-16-12;1-8-9(2)14-11-5-4-6-15-12(11)7-13(14)16-10(8)3;1-8-7-15-12-6-11-10(4-3-5-14-11)13(12)9(8)2/h5,7H,6H2,1-4H3;2*5-6H,7H2,1-4H3;4,6-7H,5H2,1-3H3;2*4-5,7H,6H2,1-3H3;4-6H,7H2,1-3H3;3-5,7H,6H2,1-2H3. The van der Waals surface area contributed by atoms with Crippen molar-refractivity contribution >= 4 is 0 Å². The zero-order valence-electron chi connectivity index (χ0n) is 80.5. The Labute approximate surface area is 766 Å². The molecule has 0 atom stereocenters. The Morgan fingerprint density at radius 1 is 0.169 bits per heavy atom. The van der Waals surface area contributed by atoms with Crippen LogP contribution in [0.15, 0.2) is 135 Å². The lowest BCUT2D eigenvalue weighted by atomic mass is 9.97. The maximum Gasteiger partial charge on any atom is 0.0548 e. The summed E-state index contributed by atoms with van der Waals surface area (Å²) in [6.45, 7) is 55.4. The molecule has 0 aromatic carbocycles. The molecule has 16 nitrogen and oxygen atoms in total. The molecule has 0 bridgehead atoms. The molecular weight excluding hydrogens is 1590 g/mol. The molecule has 8 aliphatic rings. The van der Waals surface area contributed by atoms with E-state index >= 15 is 0 Å². The van der Waals surface area contributed by atoms with Gasteiger partial charge in [-0.25, -0.2) is 0 Å². The van der Waals surface area contributed by atoms with E-state index in [9.17, 15) is 0 Å². The molecule has 0 saturated carbocycles.